The Balaban J connectivity index is 2.23. The summed E-state index contributed by atoms with van der Waals surface area (Å²) in [7, 11) is 0. The summed E-state index contributed by atoms with van der Waals surface area (Å²) in [5, 5.41) is 0.977. The van der Waals surface area contributed by atoms with Gasteiger partial charge in [-0.3, -0.25) is 14.4 Å². The van der Waals surface area contributed by atoms with Gasteiger partial charge in [-0.1, -0.05) is 48.5 Å². The van der Waals surface area contributed by atoms with E-state index in [-0.39, 0.29) is 17.0 Å². The summed E-state index contributed by atoms with van der Waals surface area (Å²) in [6, 6.07) is 16.5. The number of hydrogen-bond acceptors (Lipinski definition) is 3. The lowest BCUT2D eigenvalue weighted by Gasteiger charge is -2.16. The van der Waals surface area contributed by atoms with Crippen LogP contribution in [0.25, 0.3) is 10.8 Å². The van der Waals surface area contributed by atoms with Gasteiger partial charge < -0.3 is 0 Å². The van der Waals surface area contributed by atoms with Crippen LogP contribution in [0.4, 0.5) is 0 Å². The molecule has 1 aliphatic carbocycles. The van der Waals surface area contributed by atoms with Gasteiger partial charge in [0.25, 0.3) is 0 Å². The topological polar surface area (TPSA) is 51.2 Å². The Bertz CT molecular complexity index is 1030. The summed E-state index contributed by atoms with van der Waals surface area (Å²) in [6.45, 7) is 0. The van der Waals surface area contributed by atoms with Crippen LogP contribution in [0, 0.1) is 0 Å². The lowest BCUT2D eigenvalue weighted by atomic mass is 9.83. The molecule has 0 aliphatic heterocycles. The molecule has 0 bridgehead atoms. The molecule has 0 N–H and O–H groups in total. The predicted octanol–water partition coefficient (Wildman–Crippen LogP) is 2.98. The lowest BCUT2D eigenvalue weighted by molar-refractivity contribution is 0.0980. The first-order valence-corrected chi connectivity index (χ1v) is 6.93. The fraction of sp³-hybridized carbons (Fsp3) is 0. The molecule has 0 unspecified atom stereocenters. The van der Waals surface area contributed by atoms with Crippen LogP contribution in [0.3, 0.4) is 0 Å². The Labute approximate surface area is 125 Å². The van der Waals surface area contributed by atoms with E-state index in [4.69, 9.17) is 0 Å². The molecule has 104 valence electrons. The molecule has 0 saturated heterocycles. The number of fused-ring (bicyclic) bond motifs is 4. The number of benzene rings is 2. The van der Waals surface area contributed by atoms with E-state index in [0.717, 1.165) is 0 Å². The van der Waals surface area contributed by atoms with Crippen molar-refractivity contribution in [3.05, 3.63) is 93.1 Å². The van der Waals surface area contributed by atoms with Crippen molar-refractivity contribution in [2.45, 2.75) is 0 Å². The van der Waals surface area contributed by atoms with Crippen LogP contribution in [0.5, 0.6) is 0 Å². The molecular weight excluding hydrogens is 276 g/mol. The number of ketones is 2. The summed E-state index contributed by atoms with van der Waals surface area (Å²) < 4.78 is 0. The largest absolute Gasteiger partial charge is 0.289 e. The van der Waals surface area contributed by atoms with Crippen molar-refractivity contribution in [3.8, 4) is 0 Å². The molecule has 0 heterocycles. The van der Waals surface area contributed by atoms with Gasteiger partial charge in [0.2, 0.25) is 0 Å². The molecule has 0 spiro atoms. The first kappa shape index (κ1) is 12.7. The zero-order chi connectivity index (χ0) is 15.3. The monoisotopic (exact) mass is 286 g/mol. The van der Waals surface area contributed by atoms with Gasteiger partial charge in [0, 0.05) is 27.6 Å². The van der Waals surface area contributed by atoms with Gasteiger partial charge in [0.15, 0.2) is 17.0 Å². The number of carbonyl (C=O) groups excluding carboxylic acids is 2. The third kappa shape index (κ3) is 1.59. The molecule has 0 radical (unpaired) electrons. The van der Waals surface area contributed by atoms with Crippen LogP contribution in [0.1, 0.15) is 31.8 Å². The average molecular weight is 286 g/mol. The summed E-state index contributed by atoms with van der Waals surface area (Å²) in [5.74, 6) is -0.428. The Hall–Kier alpha value is -3.07. The number of rotatable bonds is 0. The molecule has 22 heavy (non-hydrogen) atoms. The van der Waals surface area contributed by atoms with E-state index < -0.39 is 0 Å². The summed E-state index contributed by atoms with van der Waals surface area (Å²) in [6.07, 6.45) is 0. The zero-order valence-corrected chi connectivity index (χ0v) is 11.5. The van der Waals surface area contributed by atoms with Gasteiger partial charge in [0.1, 0.15) is 0 Å². The quantitative estimate of drug-likeness (QED) is 0.499. The Morgan fingerprint density at radius 2 is 1.09 bits per heavy atom. The van der Waals surface area contributed by atoms with Gasteiger partial charge in [-0.25, -0.2) is 0 Å². The minimum Gasteiger partial charge on any atom is -0.289 e. The van der Waals surface area contributed by atoms with Crippen LogP contribution in [-0.4, -0.2) is 11.6 Å². The van der Waals surface area contributed by atoms with Crippen molar-refractivity contribution < 1.29 is 9.59 Å². The second kappa shape index (κ2) is 4.46. The highest BCUT2D eigenvalue weighted by atomic mass is 16.1. The van der Waals surface area contributed by atoms with Gasteiger partial charge in [-0.15, -0.1) is 0 Å². The molecule has 1 aliphatic rings. The van der Waals surface area contributed by atoms with Crippen LogP contribution < -0.4 is 5.43 Å². The third-order valence-electron chi connectivity index (χ3n) is 4.02. The van der Waals surface area contributed by atoms with Crippen molar-refractivity contribution in [2.75, 3.05) is 0 Å². The Kier molecular flexibility index (Phi) is 2.57. The molecule has 0 atom stereocenters. The van der Waals surface area contributed by atoms with E-state index in [1.165, 1.54) is 12.1 Å². The van der Waals surface area contributed by atoms with Crippen molar-refractivity contribution in [3.63, 3.8) is 0 Å². The average Bonchev–Trinajstić information content (AvgIpc) is 2.70. The highest BCUT2D eigenvalue weighted by molar-refractivity contribution is 6.31. The maximum atomic E-state index is 12.9. The highest BCUT2D eigenvalue weighted by Crippen LogP contribution is 2.30. The van der Waals surface area contributed by atoms with Crippen LogP contribution in [0.2, 0.25) is 0 Å². The van der Waals surface area contributed by atoms with Crippen LogP contribution >= 0.6 is 0 Å². The van der Waals surface area contributed by atoms with E-state index in [1.807, 2.05) is 0 Å². The standard InChI is InChI=1S/C19H10O3/c20-16-10-9-15-17(12-6-2-1-5-11(12)16)19(22)14-8-4-3-7-13(14)18(15)21/h1-10H. The summed E-state index contributed by atoms with van der Waals surface area (Å²) >= 11 is 0. The Morgan fingerprint density at radius 1 is 0.500 bits per heavy atom. The maximum Gasteiger partial charge on any atom is 0.195 e. The summed E-state index contributed by atoms with van der Waals surface area (Å²) in [4.78, 5) is 37.8. The van der Waals surface area contributed by atoms with E-state index >= 15 is 0 Å². The second-order valence-corrected chi connectivity index (χ2v) is 5.24. The first-order chi connectivity index (χ1) is 10.7. The third-order valence-corrected chi connectivity index (χ3v) is 4.02. The SMILES string of the molecule is O=C1c2ccccc2C(=O)c2c1ccc(=O)c1ccccc21. The zero-order valence-electron chi connectivity index (χ0n) is 11.5. The van der Waals surface area contributed by atoms with Gasteiger partial charge in [-0.2, -0.15) is 0 Å². The second-order valence-electron chi connectivity index (χ2n) is 5.24. The van der Waals surface area contributed by atoms with E-state index in [9.17, 15) is 14.4 Å². The highest BCUT2D eigenvalue weighted by Gasteiger charge is 2.30. The molecule has 3 aromatic rings. The van der Waals surface area contributed by atoms with Gasteiger partial charge >= 0.3 is 0 Å². The maximum absolute atomic E-state index is 12.9. The normalized spacial score (nSPS) is 12.9. The molecule has 0 aromatic heterocycles. The molecule has 0 saturated carbocycles. The number of hydrogen-bond donors (Lipinski definition) is 0. The minimum absolute atomic E-state index is 0.199. The molecule has 0 fully saturated rings. The fourth-order valence-electron chi connectivity index (χ4n) is 2.99. The molecule has 3 nitrogen and oxygen atoms in total. The molecule has 4 rings (SSSR count). The minimum atomic E-state index is -0.217. The van der Waals surface area contributed by atoms with Crippen molar-refractivity contribution in [2.24, 2.45) is 0 Å². The number of carbonyl (C=O) groups is 2. The van der Waals surface area contributed by atoms with E-state index in [0.29, 0.717) is 33.0 Å². The van der Waals surface area contributed by atoms with E-state index in [2.05, 4.69) is 0 Å². The lowest BCUT2D eigenvalue weighted by Crippen LogP contribution is -2.20. The van der Waals surface area contributed by atoms with Crippen LogP contribution in [0.15, 0.2) is 65.5 Å². The predicted molar refractivity (Wildman–Crippen MR) is 83.5 cm³/mol. The molecule has 3 heteroatoms. The van der Waals surface area contributed by atoms with Gasteiger partial charge in [-0.05, 0) is 17.5 Å². The smallest absolute Gasteiger partial charge is 0.195 e. The van der Waals surface area contributed by atoms with Crippen molar-refractivity contribution in [1.82, 2.24) is 0 Å². The molecular formula is C19H10O3. The summed E-state index contributed by atoms with van der Waals surface area (Å²) in [5.41, 5.74) is 1.20. The van der Waals surface area contributed by atoms with E-state index in [1.54, 1.807) is 48.5 Å². The van der Waals surface area contributed by atoms with Crippen LogP contribution in [-0.2, 0) is 0 Å². The van der Waals surface area contributed by atoms with Crippen molar-refractivity contribution in [1.29, 1.82) is 0 Å². The first-order valence-electron chi connectivity index (χ1n) is 6.93. The van der Waals surface area contributed by atoms with Crippen molar-refractivity contribution >= 4 is 22.3 Å². The fourth-order valence-corrected chi connectivity index (χ4v) is 2.99. The Morgan fingerprint density at radius 3 is 1.82 bits per heavy atom. The molecule has 0 amide bonds. The molecule has 3 aromatic carbocycles. The van der Waals surface area contributed by atoms with Gasteiger partial charge in [0.05, 0.1) is 0 Å².